The van der Waals surface area contributed by atoms with Crippen LogP contribution in [0.4, 0.5) is 0 Å². The van der Waals surface area contributed by atoms with E-state index in [1.54, 1.807) is 7.11 Å². The van der Waals surface area contributed by atoms with Crippen molar-refractivity contribution in [3.63, 3.8) is 0 Å². The van der Waals surface area contributed by atoms with Crippen molar-refractivity contribution in [2.75, 3.05) is 20.3 Å². The van der Waals surface area contributed by atoms with E-state index in [0.717, 1.165) is 120 Å². The molecule has 7 aromatic carbocycles. The van der Waals surface area contributed by atoms with Crippen LogP contribution in [0.2, 0.25) is 0 Å². The number of methoxy groups -OCH3 is 1. The van der Waals surface area contributed by atoms with Gasteiger partial charge in [0.15, 0.2) is 0 Å². The summed E-state index contributed by atoms with van der Waals surface area (Å²) in [6.45, 7) is 6.07. The van der Waals surface area contributed by atoms with Crippen LogP contribution < -0.4 is 28.4 Å². The van der Waals surface area contributed by atoms with Crippen molar-refractivity contribution in [3.8, 4) is 62.9 Å². The number of fused-ring (bicyclic) bond motifs is 7. The molecule has 0 N–H and O–H groups in total. The normalized spacial score (nSPS) is 15.5. The molecule has 68 heavy (non-hydrogen) atoms. The van der Waals surface area contributed by atoms with E-state index in [4.69, 9.17) is 28.4 Å². The van der Waals surface area contributed by atoms with E-state index in [9.17, 15) is 0 Å². The Bertz CT molecular complexity index is 2750. The molecule has 0 aromatic heterocycles. The first-order chi connectivity index (χ1) is 33.5. The van der Waals surface area contributed by atoms with Gasteiger partial charge in [-0.25, -0.2) is 0 Å². The van der Waals surface area contributed by atoms with Gasteiger partial charge in [-0.1, -0.05) is 127 Å². The highest BCUT2D eigenvalue weighted by Crippen LogP contribution is 2.60. The van der Waals surface area contributed by atoms with E-state index in [-0.39, 0.29) is 5.41 Å². The first-order valence-electron chi connectivity index (χ1n) is 25.2. The van der Waals surface area contributed by atoms with E-state index in [1.807, 2.05) is 84.9 Å². The Kier molecular flexibility index (Phi) is 15.3. The molecule has 8 bridgehead atoms. The van der Waals surface area contributed by atoms with Gasteiger partial charge in [-0.3, -0.25) is 0 Å². The number of benzene rings is 7. The summed E-state index contributed by atoms with van der Waals surface area (Å²) in [6.07, 6.45) is 20.9. The third-order valence-electron chi connectivity index (χ3n) is 13.6. The molecule has 0 saturated carbocycles. The van der Waals surface area contributed by atoms with Gasteiger partial charge in [-0.15, -0.1) is 0 Å². The summed E-state index contributed by atoms with van der Waals surface area (Å²) in [4.78, 5) is 0. The molecule has 0 amide bonds. The summed E-state index contributed by atoms with van der Waals surface area (Å²) in [6, 6.07) is 47.6. The minimum Gasteiger partial charge on any atom is -0.497 e. The summed E-state index contributed by atoms with van der Waals surface area (Å²) in [5.41, 5.74) is 7.22. The molecular formula is C62H66O6. The van der Waals surface area contributed by atoms with Crippen LogP contribution in [0.25, 0.3) is 34.1 Å². The van der Waals surface area contributed by atoms with Crippen molar-refractivity contribution in [2.45, 2.75) is 109 Å². The van der Waals surface area contributed by atoms with Crippen molar-refractivity contribution < 1.29 is 28.4 Å². The molecule has 7 aliphatic rings. The summed E-state index contributed by atoms with van der Waals surface area (Å²) in [5.74, 6) is 7.05. The second kappa shape index (κ2) is 22.4. The standard InChI is InChI=1S/C62H66O6/c1-4-40-62(41-5-2)58-19-15-14-18-55(58)59-54-39-37-53(63-3)44-57(54)61-56(60(59)62)38-22-45-20-23-48(24-21-45)66-49-29-25-46(26-30-49)64-42-16-12-10-8-6-7-9-11-13-17-43-65-47-27-31-50(32-28-47)67-51-33-35-52(68-61)36-34-51/h14-15,18-39,44H,4-13,16-17,40-43H2,1-3H3. The molecule has 14 rings (SSSR count). The zero-order valence-electron chi connectivity index (χ0n) is 40.2. The fourth-order valence-corrected chi connectivity index (χ4v) is 10.4. The predicted octanol–water partition coefficient (Wildman–Crippen LogP) is 17.9. The highest BCUT2D eigenvalue weighted by atomic mass is 16.5. The van der Waals surface area contributed by atoms with Crippen LogP contribution in [0.1, 0.15) is 126 Å². The van der Waals surface area contributed by atoms with Crippen LogP contribution in [0.15, 0.2) is 140 Å². The number of rotatable bonds is 5. The molecule has 0 atom stereocenters. The van der Waals surface area contributed by atoms with E-state index in [0.29, 0.717) is 5.75 Å². The van der Waals surface area contributed by atoms with Crippen LogP contribution in [-0.2, 0) is 5.41 Å². The second-order valence-corrected chi connectivity index (χ2v) is 18.4. The molecule has 0 spiro atoms. The first kappa shape index (κ1) is 46.5. The Morgan fingerprint density at radius 2 is 0.941 bits per heavy atom. The zero-order valence-corrected chi connectivity index (χ0v) is 40.2. The molecule has 6 heteroatoms. The molecule has 0 unspecified atom stereocenters. The minimum atomic E-state index is -0.204. The van der Waals surface area contributed by atoms with Gasteiger partial charge in [0.1, 0.15) is 51.7 Å². The lowest BCUT2D eigenvalue weighted by atomic mass is 9.69. The highest BCUT2D eigenvalue weighted by molar-refractivity contribution is 6.09. The molecule has 1 aliphatic carbocycles. The largest absolute Gasteiger partial charge is 0.497 e. The zero-order chi connectivity index (χ0) is 46.5. The van der Waals surface area contributed by atoms with Gasteiger partial charge in [0.05, 0.1) is 20.3 Å². The number of ether oxygens (including phenoxy) is 6. The molecule has 0 radical (unpaired) electrons. The van der Waals surface area contributed by atoms with E-state index in [2.05, 4.69) is 80.6 Å². The molecule has 7 aromatic rings. The third-order valence-corrected chi connectivity index (χ3v) is 13.6. The van der Waals surface area contributed by atoms with Crippen LogP contribution >= 0.6 is 0 Å². The van der Waals surface area contributed by atoms with Crippen LogP contribution in [0, 0.1) is 0 Å². The summed E-state index contributed by atoms with van der Waals surface area (Å²) in [7, 11) is 1.72. The average Bonchev–Trinajstić information content (AvgIpc) is 3.65. The minimum absolute atomic E-state index is 0.204. The monoisotopic (exact) mass is 906 g/mol. The second-order valence-electron chi connectivity index (χ2n) is 18.4. The first-order valence-corrected chi connectivity index (χ1v) is 25.2. The molecule has 0 saturated heterocycles. The number of hydrogen-bond acceptors (Lipinski definition) is 6. The van der Waals surface area contributed by atoms with Gasteiger partial charge in [-0.05, 0) is 162 Å². The molecule has 6 nitrogen and oxygen atoms in total. The van der Waals surface area contributed by atoms with Crippen molar-refractivity contribution in [3.05, 3.63) is 162 Å². The summed E-state index contributed by atoms with van der Waals surface area (Å²) >= 11 is 0. The molecular weight excluding hydrogens is 841 g/mol. The van der Waals surface area contributed by atoms with Crippen molar-refractivity contribution >= 4 is 22.9 Å². The Hall–Kier alpha value is -6.66. The average molecular weight is 907 g/mol. The van der Waals surface area contributed by atoms with E-state index in [1.165, 1.54) is 73.6 Å². The van der Waals surface area contributed by atoms with Gasteiger partial charge in [0.25, 0.3) is 0 Å². The molecule has 6 heterocycles. The van der Waals surface area contributed by atoms with Crippen LogP contribution in [0.5, 0.6) is 51.7 Å². The highest BCUT2D eigenvalue weighted by Gasteiger charge is 2.45. The lowest BCUT2D eigenvalue weighted by Gasteiger charge is -2.34. The molecule has 6 aliphatic heterocycles. The maximum atomic E-state index is 7.20. The molecule has 0 fully saturated rings. The molecule has 350 valence electrons. The van der Waals surface area contributed by atoms with Crippen molar-refractivity contribution in [1.29, 1.82) is 0 Å². The van der Waals surface area contributed by atoms with Crippen molar-refractivity contribution in [2.24, 2.45) is 0 Å². The van der Waals surface area contributed by atoms with Gasteiger partial charge < -0.3 is 28.4 Å². The lowest BCUT2D eigenvalue weighted by Crippen LogP contribution is -2.26. The van der Waals surface area contributed by atoms with Gasteiger partial charge in [-0.2, -0.15) is 0 Å². The van der Waals surface area contributed by atoms with E-state index >= 15 is 0 Å². The Morgan fingerprint density at radius 3 is 1.46 bits per heavy atom. The topological polar surface area (TPSA) is 55.4 Å². The maximum Gasteiger partial charge on any atom is 0.142 e. The maximum absolute atomic E-state index is 7.20. The smallest absolute Gasteiger partial charge is 0.142 e. The van der Waals surface area contributed by atoms with Gasteiger partial charge in [0.2, 0.25) is 0 Å². The fourth-order valence-electron chi connectivity index (χ4n) is 10.4. The SMILES string of the molecule is CCCC1(CCC)c2ccccc2-c2c1c1c(c3cc(OC)ccc23)Oc2ccc(cc2)Oc2ccc(cc2)OCCCCCCCCCCCCOc2ccc(cc2)Oc2ccc(cc2)C=C1. The fraction of sp³-hybridized carbons (Fsp3) is 0.323. The van der Waals surface area contributed by atoms with Crippen LogP contribution in [0.3, 0.4) is 0 Å². The quantitative estimate of drug-likeness (QED) is 0.172. The third kappa shape index (κ3) is 10.7. The predicted molar refractivity (Wildman–Crippen MR) is 279 cm³/mol. The summed E-state index contributed by atoms with van der Waals surface area (Å²) in [5, 5.41) is 2.15. The Labute approximate surface area is 403 Å². The van der Waals surface area contributed by atoms with Gasteiger partial charge in [0, 0.05) is 16.4 Å². The lowest BCUT2D eigenvalue weighted by molar-refractivity contribution is 0.302. The number of hydrogen-bond donors (Lipinski definition) is 0. The van der Waals surface area contributed by atoms with Gasteiger partial charge >= 0.3 is 0 Å². The Morgan fingerprint density at radius 1 is 0.471 bits per heavy atom. The van der Waals surface area contributed by atoms with Crippen molar-refractivity contribution in [1.82, 2.24) is 0 Å². The summed E-state index contributed by atoms with van der Waals surface area (Å²) < 4.78 is 37.9. The van der Waals surface area contributed by atoms with Crippen LogP contribution in [-0.4, -0.2) is 20.3 Å². The van der Waals surface area contributed by atoms with E-state index < -0.39 is 0 Å². The Balaban J connectivity index is 1.08.